The average Bonchev–Trinajstić information content (AvgIpc) is 2.06. The fourth-order valence-corrected chi connectivity index (χ4v) is 0.868. The van der Waals surface area contributed by atoms with E-state index in [2.05, 4.69) is 0 Å². The first-order valence-corrected chi connectivity index (χ1v) is 3.71. The molecular weight excluding hydrogens is 154 g/mol. The van der Waals surface area contributed by atoms with Crippen LogP contribution in [0.2, 0.25) is 0 Å². The number of benzene rings is 1. The molecule has 0 unspecified atom stereocenters. The van der Waals surface area contributed by atoms with Gasteiger partial charge in [0.1, 0.15) is 0 Å². The quantitative estimate of drug-likeness (QED) is 0.532. The van der Waals surface area contributed by atoms with Crippen LogP contribution in [0.15, 0.2) is 30.3 Å². The zero-order valence-electron chi connectivity index (χ0n) is 6.90. The summed E-state index contributed by atoms with van der Waals surface area (Å²) in [4.78, 5) is 10.6. The van der Waals surface area contributed by atoms with Gasteiger partial charge in [0.05, 0.1) is 6.54 Å². The molecule has 1 aromatic rings. The molecular formula is C9H11NO2. The van der Waals surface area contributed by atoms with Gasteiger partial charge in [-0.2, -0.15) is 0 Å². The Morgan fingerprint density at radius 2 is 2.00 bits per heavy atom. The molecule has 1 amide bonds. The van der Waals surface area contributed by atoms with E-state index in [9.17, 15) is 4.79 Å². The average molecular weight is 165 g/mol. The molecule has 12 heavy (non-hydrogen) atoms. The third-order valence-corrected chi connectivity index (χ3v) is 1.54. The number of hydroxylamine groups is 2. The maximum atomic E-state index is 10.6. The molecule has 0 aromatic heterocycles. The van der Waals surface area contributed by atoms with Crippen LogP contribution in [0.1, 0.15) is 12.5 Å². The smallest absolute Gasteiger partial charge is 0.243 e. The van der Waals surface area contributed by atoms with Crippen molar-refractivity contribution in [2.45, 2.75) is 13.5 Å². The molecule has 0 aliphatic heterocycles. The molecule has 1 aromatic carbocycles. The lowest BCUT2D eigenvalue weighted by Crippen LogP contribution is -2.23. The minimum Gasteiger partial charge on any atom is -0.286 e. The third kappa shape index (κ3) is 2.36. The number of hydrogen-bond donors (Lipinski definition) is 1. The summed E-state index contributed by atoms with van der Waals surface area (Å²) in [5.41, 5.74) is 0.912. The number of carbonyl (C=O) groups is 1. The molecule has 3 nitrogen and oxygen atoms in total. The first-order valence-electron chi connectivity index (χ1n) is 3.71. The fourth-order valence-electron chi connectivity index (χ4n) is 0.868. The van der Waals surface area contributed by atoms with Crippen LogP contribution in [-0.4, -0.2) is 16.2 Å². The van der Waals surface area contributed by atoms with Crippen molar-refractivity contribution < 1.29 is 10.0 Å². The van der Waals surface area contributed by atoms with Crippen LogP contribution in [0, 0.1) is 0 Å². The Morgan fingerprint density at radius 1 is 1.42 bits per heavy atom. The van der Waals surface area contributed by atoms with Crippen molar-refractivity contribution >= 4 is 5.91 Å². The van der Waals surface area contributed by atoms with E-state index < -0.39 is 0 Å². The predicted octanol–water partition coefficient (Wildman–Crippen LogP) is 1.42. The third-order valence-electron chi connectivity index (χ3n) is 1.54. The van der Waals surface area contributed by atoms with E-state index >= 15 is 0 Å². The molecule has 0 aliphatic carbocycles. The van der Waals surface area contributed by atoms with Crippen LogP contribution in [0.25, 0.3) is 0 Å². The van der Waals surface area contributed by atoms with Crippen LogP contribution < -0.4 is 0 Å². The predicted molar refractivity (Wildman–Crippen MR) is 44.5 cm³/mol. The summed E-state index contributed by atoms with van der Waals surface area (Å²) in [7, 11) is 0. The highest BCUT2D eigenvalue weighted by atomic mass is 16.5. The van der Waals surface area contributed by atoms with Gasteiger partial charge in [-0.1, -0.05) is 30.3 Å². The SMILES string of the molecule is CC(=O)N(O)Cc1ccccc1. The van der Waals surface area contributed by atoms with Crippen LogP contribution in [0.4, 0.5) is 0 Å². The molecule has 3 heteroatoms. The van der Waals surface area contributed by atoms with Crippen LogP contribution in [0.5, 0.6) is 0 Å². The minimum absolute atomic E-state index is 0.246. The van der Waals surface area contributed by atoms with E-state index in [1.807, 2.05) is 30.3 Å². The molecule has 0 fully saturated rings. The summed E-state index contributed by atoms with van der Waals surface area (Å²) in [6.45, 7) is 1.57. The Hall–Kier alpha value is -1.35. The van der Waals surface area contributed by atoms with Crippen molar-refractivity contribution in [3.8, 4) is 0 Å². The monoisotopic (exact) mass is 165 g/mol. The second-order valence-corrected chi connectivity index (χ2v) is 2.56. The molecule has 0 atom stereocenters. The molecule has 1 N–H and O–H groups in total. The Morgan fingerprint density at radius 3 is 2.50 bits per heavy atom. The molecule has 0 bridgehead atoms. The topological polar surface area (TPSA) is 40.5 Å². The molecule has 0 spiro atoms. The fraction of sp³-hybridized carbons (Fsp3) is 0.222. The van der Waals surface area contributed by atoms with Crippen molar-refractivity contribution in [1.29, 1.82) is 0 Å². The summed E-state index contributed by atoms with van der Waals surface area (Å²) in [6.07, 6.45) is 0. The van der Waals surface area contributed by atoms with Gasteiger partial charge in [-0.15, -0.1) is 0 Å². The molecule has 1 rings (SSSR count). The van der Waals surface area contributed by atoms with Gasteiger partial charge < -0.3 is 0 Å². The van der Waals surface area contributed by atoms with Crippen LogP contribution >= 0.6 is 0 Å². The van der Waals surface area contributed by atoms with E-state index in [0.29, 0.717) is 5.06 Å². The van der Waals surface area contributed by atoms with Crippen LogP contribution in [0.3, 0.4) is 0 Å². The summed E-state index contributed by atoms with van der Waals surface area (Å²) in [5.74, 6) is -0.348. The Bertz CT molecular complexity index is 258. The Labute approximate surface area is 71.2 Å². The van der Waals surface area contributed by atoms with Crippen LogP contribution in [-0.2, 0) is 11.3 Å². The number of rotatable bonds is 2. The second-order valence-electron chi connectivity index (χ2n) is 2.56. The van der Waals surface area contributed by atoms with Crippen molar-refractivity contribution in [1.82, 2.24) is 5.06 Å². The van der Waals surface area contributed by atoms with Gasteiger partial charge in [-0.25, -0.2) is 5.06 Å². The molecule has 0 aliphatic rings. The molecule has 64 valence electrons. The summed E-state index contributed by atoms with van der Waals surface area (Å²) < 4.78 is 0. The van der Waals surface area contributed by atoms with Crippen molar-refractivity contribution in [3.05, 3.63) is 35.9 Å². The van der Waals surface area contributed by atoms with E-state index in [4.69, 9.17) is 5.21 Å². The maximum absolute atomic E-state index is 10.6. The lowest BCUT2D eigenvalue weighted by Gasteiger charge is -2.11. The number of carbonyl (C=O) groups excluding carboxylic acids is 1. The van der Waals surface area contributed by atoms with Gasteiger partial charge >= 0.3 is 0 Å². The Balaban J connectivity index is 2.58. The molecule has 0 heterocycles. The number of amides is 1. The number of hydrogen-bond acceptors (Lipinski definition) is 2. The van der Waals surface area contributed by atoms with Gasteiger partial charge in [0.15, 0.2) is 0 Å². The van der Waals surface area contributed by atoms with Crippen molar-refractivity contribution in [2.24, 2.45) is 0 Å². The number of nitrogens with zero attached hydrogens (tertiary/aromatic N) is 1. The lowest BCUT2D eigenvalue weighted by molar-refractivity contribution is -0.165. The zero-order chi connectivity index (χ0) is 8.97. The van der Waals surface area contributed by atoms with Gasteiger partial charge in [-0.3, -0.25) is 10.0 Å². The highest BCUT2D eigenvalue weighted by Gasteiger charge is 2.03. The largest absolute Gasteiger partial charge is 0.286 e. The van der Waals surface area contributed by atoms with Gasteiger partial charge in [0.2, 0.25) is 5.91 Å². The maximum Gasteiger partial charge on any atom is 0.243 e. The normalized spacial score (nSPS) is 9.50. The van der Waals surface area contributed by atoms with Crippen molar-refractivity contribution in [2.75, 3.05) is 0 Å². The lowest BCUT2D eigenvalue weighted by atomic mass is 10.2. The highest BCUT2D eigenvalue weighted by molar-refractivity contribution is 5.71. The second kappa shape index (κ2) is 3.88. The van der Waals surface area contributed by atoms with Gasteiger partial charge in [0, 0.05) is 6.92 Å². The summed E-state index contributed by atoms with van der Waals surface area (Å²) in [6, 6.07) is 9.32. The first-order chi connectivity index (χ1) is 5.70. The minimum atomic E-state index is -0.348. The Kier molecular flexibility index (Phi) is 2.82. The van der Waals surface area contributed by atoms with Crippen molar-refractivity contribution in [3.63, 3.8) is 0 Å². The molecule has 0 saturated carbocycles. The van der Waals surface area contributed by atoms with Gasteiger partial charge in [-0.05, 0) is 5.56 Å². The summed E-state index contributed by atoms with van der Waals surface area (Å²) >= 11 is 0. The highest BCUT2D eigenvalue weighted by Crippen LogP contribution is 2.01. The van der Waals surface area contributed by atoms with Gasteiger partial charge in [0.25, 0.3) is 0 Å². The van der Waals surface area contributed by atoms with E-state index in [0.717, 1.165) is 5.56 Å². The van der Waals surface area contributed by atoms with E-state index in [-0.39, 0.29) is 12.5 Å². The molecule has 0 saturated heterocycles. The zero-order valence-corrected chi connectivity index (χ0v) is 6.90. The van der Waals surface area contributed by atoms with E-state index in [1.54, 1.807) is 0 Å². The standard InChI is InChI=1S/C9H11NO2/c1-8(11)10(12)7-9-5-3-2-4-6-9/h2-6,12H,7H2,1H3. The molecule has 0 radical (unpaired) electrons. The summed E-state index contributed by atoms with van der Waals surface area (Å²) in [5, 5.41) is 9.75. The first kappa shape index (κ1) is 8.74. The van der Waals surface area contributed by atoms with E-state index in [1.165, 1.54) is 6.92 Å².